The summed E-state index contributed by atoms with van der Waals surface area (Å²) in [7, 11) is 0. The summed E-state index contributed by atoms with van der Waals surface area (Å²) in [6, 6.07) is 6.26. The molecular weight excluding hydrogens is 582 g/mol. The molecule has 1 saturated heterocycles. The lowest BCUT2D eigenvalue weighted by Crippen LogP contribution is -2.55. The van der Waals surface area contributed by atoms with E-state index in [1.54, 1.807) is 11.6 Å². The topological polar surface area (TPSA) is 124 Å². The maximum absolute atomic E-state index is 14.1. The summed E-state index contributed by atoms with van der Waals surface area (Å²) in [6.07, 6.45) is -0.868. The highest BCUT2D eigenvalue weighted by Gasteiger charge is 2.49. The Morgan fingerprint density at radius 3 is 2.57 bits per heavy atom. The van der Waals surface area contributed by atoms with Crippen molar-refractivity contribution in [3.63, 3.8) is 0 Å². The number of anilines is 1. The van der Waals surface area contributed by atoms with E-state index in [4.69, 9.17) is 5.10 Å². The van der Waals surface area contributed by atoms with Crippen LogP contribution in [0.1, 0.15) is 82.1 Å². The third-order valence-corrected chi connectivity index (χ3v) is 8.28. The van der Waals surface area contributed by atoms with E-state index in [0.29, 0.717) is 36.8 Å². The van der Waals surface area contributed by atoms with E-state index in [-0.39, 0.29) is 29.4 Å². The number of fused-ring (bicyclic) bond motifs is 1. The van der Waals surface area contributed by atoms with Gasteiger partial charge in [0.2, 0.25) is 5.95 Å². The first-order valence-corrected chi connectivity index (χ1v) is 14.3. The van der Waals surface area contributed by atoms with Crippen LogP contribution in [-0.2, 0) is 11.0 Å². The van der Waals surface area contributed by atoms with Gasteiger partial charge in [0.1, 0.15) is 17.9 Å². The molecule has 2 aliphatic heterocycles. The summed E-state index contributed by atoms with van der Waals surface area (Å²) in [4.78, 5) is 48.2. The SMILES string of the molecule is CCN1C(=O)C(NC(=O)c2cccc(C(F)(F)F)c2)C(c2ccc(F)nc2)c2c(C(=O)N3CCCC3C#N)nn(C3CC3)c21. The number of halogens is 4. The number of rotatable bonds is 6. The van der Waals surface area contributed by atoms with E-state index in [1.807, 2.05) is 0 Å². The number of carbonyl (C=O) groups is 3. The molecule has 3 aromatic rings. The maximum atomic E-state index is 14.1. The van der Waals surface area contributed by atoms with Gasteiger partial charge in [0.25, 0.3) is 17.7 Å². The van der Waals surface area contributed by atoms with Crippen LogP contribution >= 0.6 is 0 Å². The first kappa shape index (κ1) is 29.3. The largest absolute Gasteiger partial charge is 0.416 e. The van der Waals surface area contributed by atoms with E-state index < -0.39 is 53.4 Å². The van der Waals surface area contributed by atoms with Crippen LogP contribution < -0.4 is 10.2 Å². The van der Waals surface area contributed by atoms with Crippen molar-refractivity contribution in [2.45, 2.75) is 62.8 Å². The first-order chi connectivity index (χ1) is 21.0. The van der Waals surface area contributed by atoms with Gasteiger partial charge in [-0.2, -0.15) is 27.9 Å². The second-order valence-corrected chi connectivity index (χ2v) is 11.1. The number of hydrogen-bond acceptors (Lipinski definition) is 6. The summed E-state index contributed by atoms with van der Waals surface area (Å²) in [5.74, 6) is -3.58. The second kappa shape index (κ2) is 11.0. The van der Waals surface area contributed by atoms with Crippen molar-refractivity contribution in [3.8, 4) is 6.07 Å². The Labute approximate surface area is 249 Å². The van der Waals surface area contributed by atoms with Crippen LogP contribution in [0.5, 0.6) is 0 Å². The number of benzene rings is 1. The maximum Gasteiger partial charge on any atom is 0.416 e. The van der Waals surface area contributed by atoms with Gasteiger partial charge in [-0.1, -0.05) is 12.1 Å². The molecule has 3 unspecified atom stereocenters. The van der Waals surface area contributed by atoms with Gasteiger partial charge in [-0.15, -0.1) is 0 Å². The zero-order valence-electron chi connectivity index (χ0n) is 23.5. The third-order valence-electron chi connectivity index (χ3n) is 8.28. The Balaban J connectivity index is 1.51. The van der Waals surface area contributed by atoms with E-state index >= 15 is 0 Å². The van der Waals surface area contributed by atoms with Gasteiger partial charge in [0.15, 0.2) is 5.69 Å². The predicted molar refractivity (Wildman–Crippen MR) is 147 cm³/mol. The van der Waals surface area contributed by atoms with Crippen LogP contribution in [0.3, 0.4) is 0 Å². The Morgan fingerprint density at radius 1 is 1.16 bits per heavy atom. The van der Waals surface area contributed by atoms with Crippen molar-refractivity contribution in [2.24, 2.45) is 0 Å². The highest BCUT2D eigenvalue weighted by atomic mass is 19.4. The number of pyridine rings is 1. The van der Waals surface area contributed by atoms with Gasteiger partial charge in [-0.3, -0.25) is 19.3 Å². The van der Waals surface area contributed by atoms with Crippen molar-refractivity contribution in [1.82, 2.24) is 25.0 Å². The zero-order valence-corrected chi connectivity index (χ0v) is 23.5. The fourth-order valence-corrected chi connectivity index (χ4v) is 6.03. The van der Waals surface area contributed by atoms with Crippen molar-refractivity contribution in [3.05, 3.63) is 76.5 Å². The van der Waals surface area contributed by atoms with Gasteiger partial charge in [-0.05, 0) is 62.4 Å². The van der Waals surface area contributed by atoms with E-state index in [2.05, 4.69) is 16.4 Å². The Bertz CT molecular complexity index is 1680. The minimum atomic E-state index is -4.70. The van der Waals surface area contributed by atoms with Gasteiger partial charge >= 0.3 is 6.18 Å². The van der Waals surface area contributed by atoms with Crippen molar-refractivity contribution in [1.29, 1.82) is 5.26 Å². The summed E-state index contributed by atoms with van der Waals surface area (Å²) in [6.45, 7) is 2.18. The predicted octanol–water partition coefficient (Wildman–Crippen LogP) is 4.20. The molecule has 2 aromatic heterocycles. The van der Waals surface area contributed by atoms with Crippen LogP contribution in [-0.4, -0.2) is 62.6 Å². The molecule has 0 spiro atoms. The highest BCUT2D eigenvalue weighted by Crippen LogP contribution is 2.47. The number of alkyl halides is 3. The number of likely N-dealkylation sites (tertiary alicyclic amines) is 1. The minimum absolute atomic E-state index is 0.00681. The van der Waals surface area contributed by atoms with Gasteiger partial charge in [-0.25, -0.2) is 9.67 Å². The molecule has 1 aromatic carbocycles. The fourth-order valence-electron chi connectivity index (χ4n) is 6.03. The molecule has 4 heterocycles. The van der Waals surface area contributed by atoms with Crippen molar-refractivity contribution in [2.75, 3.05) is 18.0 Å². The number of hydrogen-bond donors (Lipinski definition) is 1. The van der Waals surface area contributed by atoms with Crippen LogP contribution in [0, 0.1) is 17.3 Å². The fraction of sp³-hybridized carbons (Fsp3) is 0.400. The molecule has 0 bridgehead atoms. The van der Waals surface area contributed by atoms with Crippen LogP contribution in [0.15, 0.2) is 42.6 Å². The molecule has 44 heavy (non-hydrogen) atoms. The monoisotopic (exact) mass is 609 g/mol. The summed E-state index contributed by atoms with van der Waals surface area (Å²) in [5.41, 5.74) is -0.777. The lowest BCUT2D eigenvalue weighted by Gasteiger charge is -2.38. The zero-order chi connectivity index (χ0) is 31.3. The molecule has 3 atom stereocenters. The number of nitrogens with zero attached hydrogens (tertiary/aromatic N) is 6. The Morgan fingerprint density at radius 2 is 1.93 bits per heavy atom. The molecule has 0 radical (unpaired) electrons. The number of nitrogens with one attached hydrogen (secondary N) is 1. The molecule has 6 rings (SSSR count). The van der Waals surface area contributed by atoms with Crippen LogP contribution in [0.2, 0.25) is 0 Å². The van der Waals surface area contributed by atoms with Gasteiger partial charge in [0.05, 0.1) is 17.7 Å². The number of nitriles is 1. The molecule has 228 valence electrons. The van der Waals surface area contributed by atoms with E-state index in [0.717, 1.165) is 31.0 Å². The average molecular weight is 610 g/mol. The average Bonchev–Trinajstić information content (AvgIpc) is 3.61. The highest BCUT2D eigenvalue weighted by molar-refractivity contribution is 6.07. The normalized spacial score (nSPS) is 21.6. The lowest BCUT2D eigenvalue weighted by molar-refractivity contribution is -0.137. The van der Waals surface area contributed by atoms with Gasteiger partial charge < -0.3 is 10.2 Å². The third kappa shape index (κ3) is 5.06. The molecule has 1 saturated carbocycles. The molecule has 1 aliphatic carbocycles. The molecule has 2 fully saturated rings. The Hall–Kier alpha value is -4.80. The quantitative estimate of drug-likeness (QED) is 0.330. The molecule has 1 N–H and O–H groups in total. The van der Waals surface area contributed by atoms with E-state index in [9.17, 15) is 37.2 Å². The van der Waals surface area contributed by atoms with E-state index in [1.165, 1.54) is 28.1 Å². The first-order valence-electron chi connectivity index (χ1n) is 14.3. The molecule has 3 aliphatic rings. The number of likely N-dealkylation sites (N-methyl/N-ethyl adjacent to an activating group) is 1. The molecular formula is C30H27F4N7O3. The summed E-state index contributed by atoms with van der Waals surface area (Å²) in [5, 5.41) is 17.0. The lowest BCUT2D eigenvalue weighted by atomic mass is 9.81. The second-order valence-electron chi connectivity index (χ2n) is 11.1. The van der Waals surface area contributed by atoms with Gasteiger partial charge in [0, 0.05) is 36.3 Å². The number of aromatic nitrogens is 3. The number of carbonyl (C=O) groups excluding carboxylic acids is 3. The van der Waals surface area contributed by atoms with Crippen molar-refractivity contribution < 1.29 is 31.9 Å². The van der Waals surface area contributed by atoms with Crippen LogP contribution in [0.4, 0.5) is 23.4 Å². The summed E-state index contributed by atoms with van der Waals surface area (Å²) < 4.78 is 55.8. The van der Waals surface area contributed by atoms with Crippen molar-refractivity contribution >= 4 is 23.5 Å². The molecule has 10 nitrogen and oxygen atoms in total. The smallest absolute Gasteiger partial charge is 0.339 e. The summed E-state index contributed by atoms with van der Waals surface area (Å²) >= 11 is 0. The Kier molecular flexibility index (Phi) is 7.35. The standard InChI is InChI=1S/C30H27F4N7O3/c1-2-39-27-23(25(38-41(27)19-9-10-19)29(44)40-12-4-7-20(40)14-35)22(17-8-11-21(31)36-15-17)24(28(39)43)37-26(42)16-5-3-6-18(13-16)30(32,33)34/h3,5-6,8,11,13,15,19-20,22,24H,2,4,7,9-10,12H2,1H3,(H,37,42). The minimum Gasteiger partial charge on any atom is -0.339 e. The molecule has 3 amide bonds. The number of amides is 3. The van der Waals surface area contributed by atoms with Crippen LogP contribution in [0.25, 0.3) is 0 Å². The molecule has 14 heteroatoms.